The van der Waals surface area contributed by atoms with Crippen LogP contribution in [0.25, 0.3) is 11.2 Å². The molecule has 0 bridgehead atoms. The summed E-state index contributed by atoms with van der Waals surface area (Å²) in [6.07, 6.45) is 4.15. The Morgan fingerprint density at radius 3 is 2.70 bits per heavy atom. The van der Waals surface area contributed by atoms with Gasteiger partial charge in [0.15, 0.2) is 11.5 Å². The maximum atomic E-state index is 13.0. The first-order valence-corrected chi connectivity index (χ1v) is 10.2. The van der Waals surface area contributed by atoms with E-state index in [0.29, 0.717) is 17.7 Å². The van der Waals surface area contributed by atoms with Crippen molar-refractivity contribution in [2.45, 2.75) is 44.7 Å². The van der Waals surface area contributed by atoms with E-state index < -0.39 is 0 Å². The molecular weight excluding hydrogens is 384 g/mol. The SMILES string of the molecule is CCSc1ccc(CNc2nc3cnc(Cl)nc3n([C@H](C)CC)c2=O)nc1. The zero-order chi connectivity index (χ0) is 19.4. The van der Waals surface area contributed by atoms with E-state index in [2.05, 4.69) is 32.2 Å². The molecule has 3 aromatic heterocycles. The summed E-state index contributed by atoms with van der Waals surface area (Å²) in [5.41, 5.74) is 1.56. The molecule has 0 fully saturated rings. The van der Waals surface area contributed by atoms with Gasteiger partial charge in [-0.2, -0.15) is 4.98 Å². The zero-order valence-corrected chi connectivity index (χ0v) is 17.0. The van der Waals surface area contributed by atoms with Crippen molar-refractivity contribution >= 4 is 40.3 Å². The molecule has 1 N–H and O–H groups in total. The van der Waals surface area contributed by atoms with Gasteiger partial charge in [0, 0.05) is 17.1 Å². The fourth-order valence-electron chi connectivity index (χ4n) is 2.63. The van der Waals surface area contributed by atoms with Crippen LogP contribution in [0.2, 0.25) is 5.28 Å². The Kier molecular flexibility index (Phi) is 6.28. The third kappa shape index (κ3) is 4.39. The first kappa shape index (κ1) is 19.6. The summed E-state index contributed by atoms with van der Waals surface area (Å²) < 4.78 is 1.62. The topological polar surface area (TPSA) is 85.6 Å². The van der Waals surface area contributed by atoms with Crippen LogP contribution in [0.5, 0.6) is 0 Å². The Balaban J connectivity index is 1.93. The van der Waals surface area contributed by atoms with E-state index in [-0.39, 0.29) is 22.7 Å². The van der Waals surface area contributed by atoms with Crippen molar-refractivity contribution < 1.29 is 0 Å². The van der Waals surface area contributed by atoms with Gasteiger partial charge in [0.1, 0.15) is 5.52 Å². The van der Waals surface area contributed by atoms with Crippen molar-refractivity contribution in [2.75, 3.05) is 11.1 Å². The number of rotatable bonds is 7. The fourth-order valence-corrected chi connectivity index (χ4v) is 3.38. The highest BCUT2D eigenvalue weighted by atomic mass is 35.5. The highest BCUT2D eigenvalue weighted by molar-refractivity contribution is 7.99. The Morgan fingerprint density at radius 2 is 2.04 bits per heavy atom. The predicted octanol–water partition coefficient (Wildman–Crippen LogP) is 3.93. The number of thioether (sulfide) groups is 1. The van der Waals surface area contributed by atoms with Gasteiger partial charge in [0.25, 0.3) is 5.56 Å². The highest BCUT2D eigenvalue weighted by Gasteiger charge is 2.16. The molecule has 27 heavy (non-hydrogen) atoms. The van der Waals surface area contributed by atoms with Crippen LogP contribution in [0.4, 0.5) is 5.82 Å². The van der Waals surface area contributed by atoms with E-state index in [1.54, 1.807) is 16.3 Å². The normalized spacial score (nSPS) is 12.3. The Bertz CT molecular complexity index is 992. The third-order valence-corrected chi connectivity index (χ3v) is 5.23. The van der Waals surface area contributed by atoms with Crippen molar-refractivity contribution in [3.8, 4) is 0 Å². The molecule has 3 aromatic rings. The van der Waals surface area contributed by atoms with E-state index >= 15 is 0 Å². The van der Waals surface area contributed by atoms with E-state index in [1.165, 1.54) is 6.20 Å². The lowest BCUT2D eigenvalue weighted by molar-refractivity contribution is 0.526. The van der Waals surface area contributed by atoms with Gasteiger partial charge < -0.3 is 5.32 Å². The molecule has 0 aromatic carbocycles. The number of aromatic nitrogens is 5. The van der Waals surface area contributed by atoms with Gasteiger partial charge in [-0.15, -0.1) is 11.8 Å². The van der Waals surface area contributed by atoms with E-state index in [4.69, 9.17) is 11.6 Å². The second-order valence-corrected chi connectivity index (χ2v) is 7.69. The number of hydrogen-bond donors (Lipinski definition) is 1. The fraction of sp³-hybridized carbons (Fsp3) is 0.389. The van der Waals surface area contributed by atoms with Crippen molar-refractivity contribution in [1.29, 1.82) is 0 Å². The zero-order valence-electron chi connectivity index (χ0n) is 15.4. The summed E-state index contributed by atoms with van der Waals surface area (Å²) in [5.74, 6) is 1.25. The minimum Gasteiger partial charge on any atom is -0.360 e. The minimum atomic E-state index is -0.232. The molecule has 0 aliphatic heterocycles. The van der Waals surface area contributed by atoms with Crippen LogP contribution in [0.1, 0.15) is 38.9 Å². The lowest BCUT2D eigenvalue weighted by Crippen LogP contribution is -2.28. The summed E-state index contributed by atoms with van der Waals surface area (Å²) in [6, 6.07) is 3.93. The summed E-state index contributed by atoms with van der Waals surface area (Å²) in [7, 11) is 0. The first-order chi connectivity index (χ1) is 13.0. The van der Waals surface area contributed by atoms with Crippen LogP contribution in [0.15, 0.2) is 34.2 Å². The lowest BCUT2D eigenvalue weighted by Gasteiger charge is -2.17. The average molecular weight is 405 g/mol. The van der Waals surface area contributed by atoms with Gasteiger partial charge in [0.05, 0.1) is 18.4 Å². The molecule has 0 spiro atoms. The molecule has 1 atom stereocenters. The Morgan fingerprint density at radius 1 is 1.22 bits per heavy atom. The molecule has 142 valence electrons. The summed E-state index contributed by atoms with van der Waals surface area (Å²) in [4.78, 5) is 31.1. The Labute approximate surface area is 166 Å². The van der Waals surface area contributed by atoms with Crippen LogP contribution in [0, 0.1) is 0 Å². The number of nitrogens with one attached hydrogen (secondary N) is 1. The molecule has 3 rings (SSSR count). The van der Waals surface area contributed by atoms with Crippen molar-refractivity contribution in [2.24, 2.45) is 0 Å². The molecule has 0 aliphatic rings. The summed E-state index contributed by atoms with van der Waals surface area (Å²) in [6.45, 7) is 6.48. The minimum absolute atomic E-state index is 0.0435. The number of fused-ring (bicyclic) bond motifs is 1. The molecule has 3 heterocycles. The molecule has 7 nitrogen and oxygen atoms in total. The van der Waals surface area contributed by atoms with E-state index in [1.807, 2.05) is 32.2 Å². The smallest absolute Gasteiger partial charge is 0.295 e. The number of pyridine rings is 1. The predicted molar refractivity (Wildman–Crippen MR) is 110 cm³/mol. The molecule has 0 saturated heterocycles. The number of halogens is 1. The maximum absolute atomic E-state index is 13.0. The van der Waals surface area contributed by atoms with Crippen LogP contribution >= 0.6 is 23.4 Å². The van der Waals surface area contributed by atoms with Gasteiger partial charge in [-0.05, 0) is 42.8 Å². The van der Waals surface area contributed by atoms with Crippen molar-refractivity contribution in [3.63, 3.8) is 0 Å². The average Bonchev–Trinajstić information content (AvgIpc) is 2.67. The number of hydrogen-bond acceptors (Lipinski definition) is 7. The number of nitrogens with zero attached hydrogens (tertiary/aromatic N) is 5. The summed E-state index contributed by atoms with van der Waals surface area (Å²) in [5, 5.41) is 3.20. The first-order valence-electron chi connectivity index (χ1n) is 8.79. The molecule has 0 saturated carbocycles. The molecule has 0 aliphatic carbocycles. The quantitative estimate of drug-likeness (QED) is 0.471. The largest absolute Gasteiger partial charge is 0.360 e. The van der Waals surface area contributed by atoms with Crippen LogP contribution in [0.3, 0.4) is 0 Å². The maximum Gasteiger partial charge on any atom is 0.295 e. The number of anilines is 1. The van der Waals surface area contributed by atoms with Gasteiger partial charge in [-0.1, -0.05) is 13.8 Å². The molecule has 0 radical (unpaired) electrons. The van der Waals surface area contributed by atoms with Gasteiger partial charge in [0.2, 0.25) is 5.28 Å². The standard InChI is InChI=1S/C18H21ClN6OS/c1-4-11(3)25-16-14(10-22-18(19)24-16)23-15(17(25)26)21-8-12-6-7-13(9-20-12)27-5-2/h6-7,9-11H,4-5,8H2,1-3H3,(H,21,23)/t11-/m1/s1. The van der Waals surface area contributed by atoms with Crippen LogP contribution in [-0.4, -0.2) is 30.3 Å². The third-order valence-electron chi connectivity index (χ3n) is 4.18. The van der Waals surface area contributed by atoms with Crippen molar-refractivity contribution in [3.05, 3.63) is 45.9 Å². The Hall–Kier alpha value is -2.19. The second-order valence-electron chi connectivity index (χ2n) is 6.01. The monoisotopic (exact) mass is 404 g/mol. The molecule has 9 heteroatoms. The van der Waals surface area contributed by atoms with Gasteiger partial charge in [-0.25, -0.2) is 9.97 Å². The summed E-state index contributed by atoms with van der Waals surface area (Å²) >= 11 is 7.65. The van der Waals surface area contributed by atoms with Gasteiger partial charge >= 0.3 is 0 Å². The molecule has 0 unspecified atom stereocenters. The van der Waals surface area contributed by atoms with E-state index in [0.717, 1.165) is 22.8 Å². The van der Waals surface area contributed by atoms with Crippen LogP contribution < -0.4 is 10.9 Å². The van der Waals surface area contributed by atoms with Crippen LogP contribution in [-0.2, 0) is 6.54 Å². The molecule has 0 amide bonds. The lowest BCUT2D eigenvalue weighted by atomic mass is 10.2. The second kappa shape index (κ2) is 8.67. The van der Waals surface area contributed by atoms with Gasteiger partial charge in [-0.3, -0.25) is 14.3 Å². The highest BCUT2D eigenvalue weighted by Crippen LogP contribution is 2.19. The van der Waals surface area contributed by atoms with Crippen molar-refractivity contribution in [1.82, 2.24) is 24.5 Å². The molecular formula is C18H21ClN6OS. The van der Waals surface area contributed by atoms with E-state index in [9.17, 15) is 4.79 Å².